The zero-order chi connectivity index (χ0) is 14.2. The minimum absolute atomic E-state index is 0.0570. The van der Waals surface area contributed by atoms with Gasteiger partial charge in [-0.2, -0.15) is 0 Å². The van der Waals surface area contributed by atoms with Crippen LogP contribution in [0, 0.1) is 17.0 Å². The highest BCUT2D eigenvalue weighted by Gasteiger charge is 2.19. The fraction of sp³-hybridized carbons (Fsp3) is 0.333. The standard InChI is InChI=1S/C12H15N5O2/c1-8-4-5-9(6-10(8)17(18)19)16-7-11(14-15-16)12(2,3)13/h4-7H,13H2,1-3H3. The summed E-state index contributed by atoms with van der Waals surface area (Å²) in [6.45, 7) is 5.33. The van der Waals surface area contributed by atoms with E-state index >= 15 is 0 Å². The van der Waals surface area contributed by atoms with E-state index in [1.54, 1.807) is 25.3 Å². The lowest BCUT2D eigenvalue weighted by Gasteiger charge is -2.13. The molecule has 2 aromatic rings. The van der Waals surface area contributed by atoms with E-state index in [0.717, 1.165) is 0 Å². The molecule has 100 valence electrons. The van der Waals surface area contributed by atoms with Crippen LogP contribution in [0.5, 0.6) is 0 Å². The molecular weight excluding hydrogens is 246 g/mol. The number of aromatic nitrogens is 3. The fourth-order valence-corrected chi connectivity index (χ4v) is 1.62. The number of benzene rings is 1. The van der Waals surface area contributed by atoms with Crippen LogP contribution in [0.2, 0.25) is 0 Å². The van der Waals surface area contributed by atoms with Crippen LogP contribution in [-0.4, -0.2) is 19.9 Å². The summed E-state index contributed by atoms with van der Waals surface area (Å²) in [7, 11) is 0. The molecule has 0 unspecified atom stereocenters. The highest BCUT2D eigenvalue weighted by molar-refractivity contribution is 5.48. The molecule has 0 aliphatic carbocycles. The summed E-state index contributed by atoms with van der Waals surface area (Å²) in [5.74, 6) is 0. The molecule has 1 heterocycles. The number of hydrogen-bond acceptors (Lipinski definition) is 5. The van der Waals surface area contributed by atoms with Crippen LogP contribution in [0.3, 0.4) is 0 Å². The van der Waals surface area contributed by atoms with Crippen molar-refractivity contribution < 1.29 is 4.92 Å². The van der Waals surface area contributed by atoms with Crippen molar-refractivity contribution in [2.75, 3.05) is 0 Å². The number of nitrogens with zero attached hydrogens (tertiary/aromatic N) is 4. The van der Waals surface area contributed by atoms with Crippen molar-refractivity contribution in [3.63, 3.8) is 0 Å². The summed E-state index contributed by atoms with van der Waals surface area (Å²) in [5.41, 5.74) is 7.19. The van der Waals surface area contributed by atoms with Gasteiger partial charge in [0.1, 0.15) is 5.69 Å². The van der Waals surface area contributed by atoms with Crippen LogP contribution in [-0.2, 0) is 5.54 Å². The van der Waals surface area contributed by atoms with Gasteiger partial charge in [0.05, 0.1) is 22.3 Å². The fourth-order valence-electron chi connectivity index (χ4n) is 1.62. The van der Waals surface area contributed by atoms with Gasteiger partial charge in [-0.3, -0.25) is 10.1 Å². The first kappa shape index (κ1) is 13.2. The second kappa shape index (κ2) is 4.43. The van der Waals surface area contributed by atoms with Gasteiger partial charge in [0.25, 0.3) is 5.69 Å². The van der Waals surface area contributed by atoms with Crippen molar-refractivity contribution in [1.82, 2.24) is 15.0 Å². The average molecular weight is 261 g/mol. The Morgan fingerprint density at radius 2 is 2.11 bits per heavy atom. The van der Waals surface area contributed by atoms with E-state index < -0.39 is 10.5 Å². The van der Waals surface area contributed by atoms with Crippen molar-refractivity contribution in [1.29, 1.82) is 0 Å². The van der Waals surface area contributed by atoms with Crippen LogP contribution in [0.1, 0.15) is 25.1 Å². The van der Waals surface area contributed by atoms with Gasteiger partial charge in [0.15, 0.2) is 0 Å². The van der Waals surface area contributed by atoms with Gasteiger partial charge in [-0.15, -0.1) is 5.10 Å². The monoisotopic (exact) mass is 261 g/mol. The third kappa shape index (κ3) is 2.60. The van der Waals surface area contributed by atoms with E-state index in [9.17, 15) is 10.1 Å². The summed E-state index contributed by atoms with van der Waals surface area (Å²) < 4.78 is 1.48. The third-order valence-electron chi connectivity index (χ3n) is 2.81. The third-order valence-corrected chi connectivity index (χ3v) is 2.81. The molecule has 0 saturated heterocycles. The molecule has 0 saturated carbocycles. The number of aryl methyl sites for hydroxylation is 1. The maximum atomic E-state index is 10.9. The van der Waals surface area contributed by atoms with E-state index in [1.165, 1.54) is 10.7 Å². The Hall–Kier alpha value is -2.28. The van der Waals surface area contributed by atoms with Crippen LogP contribution in [0.15, 0.2) is 24.4 Å². The predicted molar refractivity (Wildman–Crippen MR) is 70.0 cm³/mol. The molecule has 0 fully saturated rings. The smallest absolute Gasteiger partial charge is 0.274 e. The van der Waals surface area contributed by atoms with Crippen LogP contribution < -0.4 is 5.73 Å². The van der Waals surface area contributed by atoms with E-state index in [-0.39, 0.29) is 5.69 Å². The summed E-state index contributed by atoms with van der Waals surface area (Å²) in [6, 6.07) is 4.91. The number of rotatable bonds is 3. The number of nitrogens with two attached hydrogens (primary N) is 1. The predicted octanol–water partition coefficient (Wildman–Crippen LogP) is 1.68. The lowest BCUT2D eigenvalue weighted by atomic mass is 10.0. The maximum absolute atomic E-state index is 10.9. The molecule has 0 radical (unpaired) electrons. The first-order chi connectivity index (χ1) is 8.79. The first-order valence-corrected chi connectivity index (χ1v) is 5.76. The van der Waals surface area contributed by atoms with E-state index in [0.29, 0.717) is 16.9 Å². The Balaban J connectivity index is 2.45. The zero-order valence-corrected chi connectivity index (χ0v) is 11.0. The molecule has 1 aromatic heterocycles. The lowest BCUT2D eigenvalue weighted by molar-refractivity contribution is -0.385. The number of nitro groups is 1. The number of hydrogen-bond donors (Lipinski definition) is 1. The van der Waals surface area contributed by atoms with E-state index in [2.05, 4.69) is 10.3 Å². The summed E-state index contributed by atoms with van der Waals surface area (Å²) in [6.07, 6.45) is 1.67. The highest BCUT2D eigenvalue weighted by Crippen LogP contribution is 2.22. The molecule has 1 aromatic carbocycles. The van der Waals surface area contributed by atoms with Gasteiger partial charge in [-0.05, 0) is 26.8 Å². The molecule has 0 aliphatic heterocycles. The van der Waals surface area contributed by atoms with Gasteiger partial charge in [-0.1, -0.05) is 11.3 Å². The minimum Gasteiger partial charge on any atom is -0.320 e. The molecule has 7 heteroatoms. The van der Waals surface area contributed by atoms with Crippen molar-refractivity contribution in [2.24, 2.45) is 5.73 Å². The molecule has 0 bridgehead atoms. The van der Waals surface area contributed by atoms with Crippen LogP contribution in [0.25, 0.3) is 5.69 Å². The molecule has 2 rings (SSSR count). The summed E-state index contributed by atoms with van der Waals surface area (Å²) in [5, 5.41) is 18.8. The average Bonchev–Trinajstić information content (AvgIpc) is 2.78. The Labute approximate surface area is 110 Å². The quantitative estimate of drug-likeness (QED) is 0.669. The molecule has 19 heavy (non-hydrogen) atoms. The summed E-state index contributed by atoms with van der Waals surface area (Å²) >= 11 is 0. The molecule has 0 aliphatic rings. The second-order valence-electron chi connectivity index (χ2n) is 5.00. The van der Waals surface area contributed by atoms with Gasteiger partial charge in [0.2, 0.25) is 0 Å². The topological polar surface area (TPSA) is 99.9 Å². The Bertz CT molecular complexity index is 627. The molecule has 7 nitrogen and oxygen atoms in total. The molecule has 0 spiro atoms. The van der Waals surface area contributed by atoms with Gasteiger partial charge < -0.3 is 5.73 Å². The molecule has 0 amide bonds. The van der Waals surface area contributed by atoms with Crippen molar-refractivity contribution >= 4 is 5.69 Å². The molecule has 0 atom stereocenters. The van der Waals surface area contributed by atoms with Gasteiger partial charge in [-0.25, -0.2) is 4.68 Å². The Morgan fingerprint density at radius 3 is 2.63 bits per heavy atom. The molecule has 2 N–H and O–H groups in total. The normalized spacial score (nSPS) is 11.6. The SMILES string of the molecule is Cc1ccc(-n2cc(C(C)(C)N)nn2)cc1[N+](=O)[O-]. The minimum atomic E-state index is -0.602. The largest absolute Gasteiger partial charge is 0.320 e. The van der Waals surface area contributed by atoms with Crippen LogP contribution >= 0.6 is 0 Å². The Kier molecular flexibility index (Phi) is 3.07. The van der Waals surface area contributed by atoms with E-state index in [4.69, 9.17) is 5.73 Å². The van der Waals surface area contributed by atoms with Crippen molar-refractivity contribution in [3.05, 3.63) is 45.8 Å². The van der Waals surface area contributed by atoms with Crippen LogP contribution in [0.4, 0.5) is 5.69 Å². The second-order valence-corrected chi connectivity index (χ2v) is 5.00. The molecular formula is C12H15N5O2. The highest BCUT2D eigenvalue weighted by atomic mass is 16.6. The number of nitro benzene ring substituents is 1. The maximum Gasteiger partial charge on any atom is 0.274 e. The van der Waals surface area contributed by atoms with Crippen molar-refractivity contribution in [2.45, 2.75) is 26.3 Å². The van der Waals surface area contributed by atoms with E-state index in [1.807, 2.05) is 13.8 Å². The Morgan fingerprint density at radius 1 is 1.42 bits per heavy atom. The first-order valence-electron chi connectivity index (χ1n) is 5.76. The lowest BCUT2D eigenvalue weighted by Crippen LogP contribution is -2.29. The van der Waals surface area contributed by atoms with Crippen molar-refractivity contribution in [3.8, 4) is 5.69 Å². The summed E-state index contributed by atoms with van der Waals surface area (Å²) in [4.78, 5) is 10.5. The zero-order valence-electron chi connectivity index (χ0n) is 11.0. The van der Waals surface area contributed by atoms with Gasteiger partial charge >= 0.3 is 0 Å². The van der Waals surface area contributed by atoms with Gasteiger partial charge in [0, 0.05) is 11.6 Å².